The topological polar surface area (TPSA) is 76.4 Å². The van der Waals surface area contributed by atoms with Gasteiger partial charge in [-0.15, -0.1) is 0 Å². The molecular formula is C16H23BrN6OS. The molecular weight excluding hydrogens is 404 g/mol. The van der Waals surface area contributed by atoms with Gasteiger partial charge in [-0.2, -0.15) is 16.9 Å². The van der Waals surface area contributed by atoms with Crippen LogP contribution < -0.4 is 15.4 Å². The molecule has 25 heavy (non-hydrogen) atoms. The van der Waals surface area contributed by atoms with Gasteiger partial charge in [-0.25, -0.2) is 4.98 Å². The number of ether oxygens (including phenoxy) is 1. The number of nitrogens with one attached hydrogen (secondary N) is 2. The molecule has 0 fully saturated rings. The van der Waals surface area contributed by atoms with Crippen LogP contribution in [-0.2, 0) is 13.6 Å². The Balaban J connectivity index is 1.53. The summed E-state index contributed by atoms with van der Waals surface area (Å²) < 4.78 is 8.47. The van der Waals surface area contributed by atoms with E-state index in [1.165, 1.54) is 0 Å². The third-order valence-corrected chi connectivity index (χ3v) is 4.72. The fourth-order valence-corrected chi connectivity index (χ4v) is 3.01. The molecule has 136 valence electrons. The molecule has 1 aromatic carbocycles. The predicted octanol–water partition coefficient (Wildman–Crippen LogP) is 2.05. The second-order valence-electron chi connectivity index (χ2n) is 5.07. The predicted molar refractivity (Wildman–Crippen MR) is 106 cm³/mol. The average molecular weight is 427 g/mol. The molecule has 0 unspecified atom stereocenters. The monoisotopic (exact) mass is 426 g/mol. The van der Waals surface area contributed by atoms with E-state index in [4.69, 9.17) is 4.74 Å². The second-order valence-corrected chi connectivity index (χ2v) is 7.21. The minimum absolute atomic E-state index is 0.587. The van der Waals surface area contributed by atoms with Crippen molar-refractivity contribution in [3.63, 3.8) is 0 Å². The molecule has 0 amide bonds. The van der Waals surface area contributed by atoms with Crippen LogP contribution in [0.1, 0.15) is 5.82 Å². The number of aliphatic imine (C=N–C) groups is 1. The maximum absolute atomic E-state index is 5.70. The van der Waals surface area contributed by atoms with Crippen LogP contribution >= 0.6 is 27.7 Å². The summed E-state index contributed by atoms with van der Waals surface area (Å²) in [5.41, 5.74) is 0. The number of rotatable bonds is 9. The summed E-state index contributed by atoms with van der Waals surface area (Å²) in [7, 11) is 3.62. The Morgan fingerprint density at radius 3 is 2.96 bits per heavy atom. The fraction of sp³-hybridized carbons (Fsp3) is 0.438. The lowest BCUT2D eigenvalue weighted by Crippen LogP contribution is -2.38. The van der Waals surface area contributed by atoms with Crippen LogP contribution in [0.25, 0.3) is 0 Å². The van der Waals surface area contributed by atoms with Crippen molar-refractivity contribution < 1.29 is 4.74 Å². The molecule has 1 aromatic heterocycles. The smallest absolute Gasteiger partial charge is 0.191 e. The molecule has 0 spiro atoms. The average Bonchev–Trinajstić information content (AvgIpc) is 3.02. The van der Waals surface area contributed by atoms with Crippen molar-refractivity contribution in [3.05, 3.63) is 40.9 Å². The molecule has 1 heterocycles. The van der Waals surface area contributed by atoms with Crippen LogP contribution in [-0.4, -0.2) is 52.4 Å². The SMILES string of the molecule is CN=C(NCCSCCOc1cccc(Br)c1)NCc1ncnn1C. The van der Waals surface area contributed by atoms with Gasteiger partial charge in [0.25, 0.3) is 0 Å². The van der Waals surface area contributed by atoms with E-state index in [9.17, 15) is 0 Å². The number of guanidine groups is 1. The van der Waals surface area contributed by atoms with Crippen LogP contribution in [0, 0.1) is 0 Å². The van der Waals surface area contributed by atoms with E-state index >= 15 is 0 Å². The van der Waals surface area contributed by atoms with Crippen LogP contribution in [0.3, 0.4) is 0 Å². The van der Waals surface area contributed by atoms with Gasteiger partial charge in [0.05, 0.1) is 13.2 Å². The number of benzene rings is 1. The van der Waals surface area contributed by atoms with E-state index in [0.717, 1.165) is 40.1 Å². The zero-order valence-electron chi connectivity index (χ0n) is 14.4. The van der Waals surface area contributed by atoms with Gasteiger partial charge in [0.1, 0.15) is 17.9 Å². The van der Waals surface area contributed by atoms with Crippen LogP contribution in [0.2, 0.25) is 0 Å². The normalized spacial score (nSPS) is 11.4. The third-order valence-electron chi connectivity index (χ3n) is 3.27. The highest BCUT2D eigenvalue weighted by molar-refractivity contribution is 9.10. The molecule has 0 radical (unpaired) electrons. The number of thioether (sulfide) groups is 1. The largest absolute Gasteiger partial charge is 0.493 e. The first-order valence-electron chi connectivity index (χ1n) is 7.92. The maximum atomic E-state index is 5.70. The lowest BCUT2D eigenvalue weighted by molar-refractivity contribution is 0.344. The Labute approximate surface area is 160 Å². The summed E-state index contributed by atoms with van der Waals surface area (Å²) in [6.07, 6.45) is 1.54. The molecule has 0 saturated heterocycles. The van der Waals surface area contributed by atoms with Crippen molar-refractivity contribution in [2.24, 2.45) is 12.0 Å². The number of hydrogen-bond donors (Lipinski definition) is 2. The molecule has 0 atom stereocenters. The molecule has 0 bridgehead atoms. The van der Waals surface area contributed by atoms with Gasteiger partial charge in [0.2, 0.25) is 0 Å². The zero-order chi connectivity index (χ0) is 17.9. The first-order valence-corrected chi connectivity index (χ1v) is 9.87. The van der Waals surface area contributed by atoms with Gasteiger partial charge >= 0.3 is 0 Å². The Morgan fingerprint density at radius 2 is 2.24 bits per heavy atom. The summed E-state index contributed by atoms with van der Waals surface area (Å²) in [4.78, 5) is 8.37. The number of aryl methyl sites for hydroxylation is 1. The molecule has 7 nitrogen and oxygen atoms in total. The van der Waals surface area contributed by atoms with E-state index in [1.807, 2.05) is 43.1 Å². The number of nitrogens with zero attached hydrogens (tertiary/aromatic N) is 4. The molecule has 2 rings (SSSR count). The van der Waals surface area contributed by atoms with Gasteiger partial charge in [-0.1, -0.05) is 22.0 Å². The lowest BCUT2D eigenvalue weighted by atomic mass is 10.3. The summed E-state index contributed by atoms with van der Waals surface area (Å²) in [6, 6.07) is 7.89. The molecule has 2 N–H and O–H groups in total. The minimum Gasteiger partial charge on any atom is -0.493 e. The molecule has 9 heteroatoms. The summed E-state index contributed by atoms with van der Waals surface area (Å²) in [5.74, 6) is 4.43. The standard InChI is InChI=1S/C16H23BrN6OS/c1-18-16(20-11-15-21-12-22-23(15)2)19-6-8-25-9-7-24-14-5-3-4-13(17)10-14/h3-5,10,12H,6-9,11H2,1-2H3,(H2,18,19,20). The van der Waals surface area contributed by atoms with Crippen molar-refractivity contribution in [2.75, 3.05) is 31.7 Å². The fourth-order valence-electron chi connectivity index (χ4n) is 1.98. The van der Waals surface area contributed by atoms with E-state index in [-0.39, 0.29) is 0 Å². The first-order chi connectivity index (χ1) is 12.2. The molecule has 0 aliphatic carbocycles. The van der Waals surface area contributed by atoms with E-state index < -0.39 is 0 Å². The van der Waals surface area contributed by atoms with E-state index in [0.29, 0.717) is 13.2 Å². The maximum Gasteiger partial charge on any atom is 0.191 e. The van der Waals surface area contributed by atoms with Crippen LogP contribution in [0.5, 0.6) is 5.75 Å². The summed E-state index contributed by atoms with van der Waals surface area (Å²) in [6.45, 7) is 2.12. The highest BCUT2D eigenvalue weighted by Gasteiger charge is 2.02. The first kappa shape index (κ1) is 19.6. The molecule has 0 aliphatic rings. The Bertz CT molecular complexity index is 678. The van der Waals surface area contributed by atoms with Gasteiger partial charge in [0, 0.05) is 36.6 Å². The van der Waals surface area contributed by atoms with Crippen molar-refractivity contribution in [1.82, 2.24) is 25.4 Å². The van der Waals surface area contributed by atoms with Crippen molar-refractivity contribution >= 4 is 33.7 Å². The Kier molecular flexibility index (Phi) is 8.61. The van der Waals surface area contributed by atoms with E-state index in [2.05, 4.69) is 41.6 Å². The molecule has 0 saturated carbocycles. The van der Waals surface area contributed by atoms with Crippen LogP contribution in [0.4, 0.5) is 0 Å². The number of halogens is 1. The Morgan fingerprint density at radius 1 is 1.36 bits per heavy atom. The number of hydrogen-bond acceptors (Lipinski definition) is 5. The second kappa shape index (κ2) is 11.0. The van der Waals surface area contributed by atoms with E-state index in [1.54, 1.807) is 18.1 Å². The van der Waals surface area contributed by atoms with Gasteiger partial charge in [0.15, 0.2) is 5.96 Å². The van der Waals surface area contributed by atoms with Crippen molar-refractivity contribution in [3.8, 4) is 5.75 Å². The van der Waals surface area contributed by atoms with Crippen molar-refractivity contribution in [2.45, 2.75) is 6.54 Å². The molecule has 0 aliphatic heterocycles. The van der Waals surface area contributed by atoms with Crippen LogP contribution in [0.15, 0.2) is 40.1 Å². The number of aromatic nitrogens is 3. The quantitative estimate of drug-likeness (QED) is 0.363. The minimum atomic E-state index is 0.587. The lowest BCUT2D eigenvalue weighted by Gasteiger charge is -2.11. The summed E-state index contributed by atoms with van der Waals surface area (Å²) in [5, 5.41) is 10.5. The Hall–Kier alpha value is -1.74. The molecule has 2 aromatic rings. The zero-order valence-corrected chi connectivity index (χ0v) is 16.8. The third kappa shape index (κ3) is 7.35. The van der Waals surface area contributed by atoms with Gasteiger partial charge in [-0.3, -0.25) is 9.67 Å². The van der Waals surface area contributed by atoms with Gasteiger partial charge in [-0.05, 0) is 18.2 Å². The highest BCUT2D eigenvalue weighted by Crippen LogP contribution is 2.17. The van der Waals surface area contributed by atoms with Crippen molar-refractivity contribution in [1.29, 1.82) is 0 Å². The van der Waals surface area contributed by atoms with Gasteiger partial charge < -0.3 is 15.4 Å². The highest BCUT2D eigenvalue weighted by atomic mass is 79.9. The summed E-state index contributed by atoms with van der Waals surface area (Å²) >= 11 is 5.27.